The summed E-state index contributed by atoms with van der Waals surface area (Å²) in [5, 5.41) is 17.8. The number of benzene rings is 1. The van der Waals surface area contributed by atoms with Crippen LogP contribution in [0.4, 0.5) is 5.69 Å². The molecule has 1 heterocycles. The third-order valence-electron chi connectivity index (χ3n) is 3.49. The van der Waals surface area contributed by atoms with E-state index in [1.165, 1.54) is 0 Å². The first-order valence-electron chi connectivity index (χ1n) is 6.57. The summed E-state index contributed by atoms with van der Waals surface area (Å²) in [7, 11) is 0. The Bertz CT molecular complexity index is 480. The molecule has 2 N–H and O–H groups in total. The number of nitrogens with zero attached hydrogens (tertiary/aromatic N) is 3. The summed E-state index contributed by atoms with van der Waals surface area (Å²) in [4.78, 5) is 16.0. The Morgan fingerprint density at radius 1 is 1.14 bits per heavy atom. The number of piperazine rings is 1. The van der Waals surface area contributed by atoms with Crippen LogP contribution in [0.2, 0.25) is 0 Å². The molecule has 6 nitrogen and oxygen atoms in total. The fraction of sp³-hybridized carbons (Fsp3) is 0.462. The van der Waals surface area contributed by atoms with Crippen molar-refractivity contribution < 1.29 is 37.6 Å². The van der Waals surface area contributed by atoms with Gasteiger partial charge in [0.05, 0.1) is 12.1 Å². The SMILES string of the molecule is O=C(Cc1ccc(N(O)O)cc1)N1CCN(C([S-])[S-])CC1.[Au]. The zero-order valence-electron chi connectivity index (χ0n) is 11.7. The van der Waals surface area contributed by atoms with Crippen molar-refractivity contribution in [3.63, 3.8) is 0 Å². The number of carbonyl (C=O) groups is 1. The van der Waals surface area contributed by atoms with Crippen LogP contribution >= 0.6 is 0 Å². The molecule has 0 spiro atoms. The molecule has 1 saturated heterocycles. The van der Waals surface area contributed by atoms with Gasteiger partial charge in [0, 0.05) is 48.6 Å². The van der Waals surface area contributed by atoms with Gasteiger partial charge in [-0.2, -0.15) is 0 Å². The molecule has 0 atom stereocenters. The molecule has 1 amide bonds. The topological polar surface area (TPSA) is 67.2 Å². The second-order valence-corrected chi connectivity index (χ2v) is 6.05. The van der Waals surface area contributed by atoms with Crippen LogP contribution in [0.5, 0.6) is 0 Å². The summed E-state index contributed by atoms with van der Waals surface area (Å²) < 4.78 is -0.310. The molecule has 1 aromatic rings. The van der Waals surface area contributed by atoms with E-state index in [9.17, 15) is 4.79 Å². The third-order valence-corrected chi connectivity index (χ3v) is 4.08. The molecule has 0 aliphatic carbocycles. The summed E-state index contributed by atoms with van der Waals surface area (Å²) >= 11 is 10.1. The normalized spacial score (nSPS) is 15.6. The van der Waals surface area contributed by atoms with Crippen molar-refractivity contribution in [3.8, 4) is 0 Å². The molecule has 0 unspecified atom stereocenters. The zero-order chi connectivity index (χ0) is 15.4. The Hall–Kier alpha value is -0.190. The van der Waals surface area contributed by atoms with Crippen molar-refractivity contribution in [2.45, 2.75) is 11.1 Å². The average molecular weight is 524 g/mol. The van der Waals surface area contributed by atoms with E-state index in [0.717, 1.165) is 5.56 Å². The molecular formula is C13H17AuN3O3S2-2. The molecule has 0 aromatic heterocycles. The number of hydrogen-bond donors (Lipinski definition) is 2. The van der Waals surface area contributed by atoms with Gasteiger partial charge in [-0.15, -0.1) is 5.23 Å². The third kappa shape index (κ3) is 5.47. The van der Waals surface area contributed by atoms with Crippen LogP contribution in [0.3, 0.4) is 0 Å². The van der Waals surface area contributed by atoms with Gasteiger partial charge < -0.3 is 35.1 Å². The van der Waals surface area contributed by atoms with Gasteiger partial charge in [0.25, 0.3) is 0 Å². The van der Waals surface area contributed by atoms with E-state index in [0.29, 0.717) is 32.6 Å². The Morgan fingerprint density at radius 3 is 2.14 bits per heavy atom. The van der Waals surface area contributed by atoms with Crippen LogP contribution in [0.15, 0.2) is 24.3 Å². The van der Waals surface area contributed by atoms with Crippen molar-refractivity contribution in [3.05, 3.63) is 29.8 Å². The Labute approximate surface area is 156 Å². The summed E-state index contributed by atoms with van der Waals surface area (Å²) in [6.07, 6.45) is 0.294. The molecule has 0 saturated carbocycles. The maximum Gasteiger partial charge on any atom is 0.227 e. The summed E-state index contributed by atoms with van der Waals surface area (Å²) in [6, 6.07) is 6.48. The number of carbonyl (C=O) groups excluding carboxylic acids is 1. The van der Waals surface area contributed by atoms with E-state index in [1.54, 1.807) is 24.3 Å². The molecule has 1 aliphatic heterocycles. The van der Waals surface area contributed by atoms with E-state index in [1.807, 2.05) is 9.80 Å². The van der Waals surface area contributed by atoms with Crippen LogP contribution < -0.4 is 5.23 Å². The van der Waals surface area contributed by atoms with Crippen molar-refractivity contribution in [1.82, 2.24) is 9.80 Å². The molecule has 0 bridgehead atoms. The van der Waals surface area contributed by atoms with Crippen LogP contribution in [0.1, 0.15) is 5.56 Å². The minimum absolute atomic E-state index is 0. The molecule has 1 aliphatic rings. The van der Waals surface area contributed by atoms with E-state index >= 15 is 0 Å². The Kier molecular flexibility index (Phi) is 8.29. The number of amides is 1. The molecule has 1 aromatic carbocycles. The first kappa shape index (κ1) is 19.9. The summed E-state index contributed by atoms with van der Waals surface area (Å²) in [5.74, 6) is 0.0533. The monoisotopic (exact) mass is 524 g/mol. The fourth-order valence-electron chi connectivity index (χ4n) is 2.22. The van der Waals surface area contributed by atoms with Crippen LogP contribution in [0.25, 0.3) is 0 Å². The molecule has 9 heteroatoms. The van der Waals surface area contributed by atoms with Gasteiger partial charge in [-0.1, -0.05) is 12.1 Å². The molecule has 2 rings (SSSR count). The van der Waals surface area contributed by atoms with Gasteiger partial charge in [0.1, 0.15) is 0 Å². The minimum Gasteiger partial charge on any atom is -0.800 e. The maximum absolute atomic E-state index is 12.2. The summed E-state index contributed by atoms with van der Waals surface area (Å²) in [6.45, 7) is 2.71. The molecular weight excluding hydrogens is 507 g/mol. The van der Waals surface area contributed by atoms with Crippen LogP contribution in [-0.4, -0.2) is 57.0 Å². The van der Waals surface area contributed by atoms with Crippen molar-refractivity contribution >= 4 is 36.9 Å². The molecule has 22 heavy (non-hydrogen) atoms. The van der Waals surface area contributed by atoms with Crippen molar-refractivity contribution in [2.24, 2.45) is 0 Å². The van der Waals surface area contributed by atoms with E-state index < -0.39 is 0 Å². The first-order valence-corrected chi connectivity index (χ1v) is 7.52. The summed E-state index contributed by atoms with van der Waals surface area (Å²) in [5.41, 5.74) is 1.08. The molecule has 1 fully saturated rings. The average Bonchev–Trinajstić information content (AvgIpc) is 2.47. The smallest absolute Gasteiger partial charge is 0.227 e. The van der Waals surface area contributed by atoms with Crippen LogP contribution in [0, 0.1) is 0 Å². The predicted molar refractivity (Wildman–Crippen MR) is 82.9 cm³/mol. The van der Waals surface area contributed by atoms with Crippen molar-refractivity contribution in [2.75, 3.05) is 31.4 Å². The maximum atomic E-state index is 12.2. The number of hydrogen-bond acceptors (Lipinski definition) is 7. The largest absolute Gasteiger partial charge is 0.800 e. The van der Waals surface area contributed by atoms with Crippen LogP contribution in [-0.2, 0) is 58.9 Å². The molecule has 1 radical (unpaired) electrons. The minimum atomic E-state index is -0.310. The predicted octanol–water partition coefficient (Wildman–Crippen LogP) is 0.333. The Morgan fingerprint density at radius 2 is 1.68 bits per heavy atom. The zero-order valence-corrected chi connectivity index (χ0v) is 15.5. The standard InChI is InChI=1S/C13H19N3O3S2.Au/c17-12(14-5-7-15(8-6-14)13(20)21)9-10-1-3-11(4-2-10)16(18)19;/h1-4,13,18-21H,5-9H2;/p-2. The quantitative estimate of drug-likeness (QED) is 0.335. The van der Waals surface area contributed by atoms with Gasteiger partial charge in [-0.3, -0.25) is 15.2 Å². The van der Waals surface area contributed by atoms with Crippen molar-refractivity contribution in [1.29, 1.82) is 0 Å². The van der Waals surface area contributed by atoms with Gasteiger partial charge in [-0.05, 0) is 17.7 Å². The Balaban J connectivity index is 0.00000242. The van der Waals surface area contributed by atoms with Gasteiger partial charge >= 0.3 is 0 Å². The number of anilines is 1. The molecule has 127 valence electrons. The van der Waals surface area contributed by atoms with Gasteiger partial charge in [0.15, 0.2) is 0 Å². The van der Waals surface area contributed by atoms with E-state index in [-0.39, 0.29) is 43.9 Å². The fourth-order valence-corrected chi connectivity index (χ4v) is 2.64. The first-order chi connectivity index (χ1) is 9.97. The second kappa shape index (κ2) is 9.19. The second-order valence-electron chi connectivity index (χ2n) is 4.86. The van der Waals surface area contributed by atoms with E-state index in [2.05, 4.69) is 0 Å². The van der Waals surface area contributed by atoms with Gasteiger partial charge in [-0.25, -0.2) is 4.71 Å². The van der Waals surface area contributed by atoms with Gasteiger partial charge in [0.2, 0.25) is 5.91 Å². The number of rotatable bonds is 4. The van der Waals surface area contributed by atoms with E-state index in [4.69, 9.17) is 35.7 Å².